The van der Waals surface area contributed by atoms with E-state index in [4.69, 9.17) is 25.9 Å². The molecule has 0 aliphatic heterocycles. The minimum absolute atomic E-state index is 0.116. The van der Waals surface area contributed by atoms with Gasteiger partial charge in [-0.15, -0.1) is 0 Å². The molecule has 1 heterocycles. The van der Waals surface area contributed by atoms with Crippen LogP contribution in [0.4, 0.5) is 5.69 Å². The molecule has 0 bridgehead atoms. The second kappa shape index (κ2) is 8.07. The maximum Gasteiger partial charge on any atom is 0.311 e. The molecule has 6 nitrogen and oxygen atoms in total. The maximum absolute atomic E-state index is 12.5. The number of aliphatic carboxylic acids is 1. The minimum atomic E-state index is -1.07. The Morgan fingerprint density at radius 3 is 2.68 bits per heavy atom. The molecular formula is C18H20ClNO5. The molecule has 25 heavy (non-hydrogen) atoms. The summed E-state index contributed by atoms with van der Waals surface area (Å²) in [5, 5.41) is 12.0. The second-order valence-corrected chi connectivity index (χ2v) is 6.50. The first-order valence-electron chi connectivity index (χ1n) is 7.80. The molecule has 134 valence electrons. The van der Waals surface area contributed by atoms with E-state index in [0.717, 1.165) is 0 Å². The smallest absolute Gasteiger partial charge is 0.311 e. The van der Waals surface area contributed by atoms with Crippen LogP contribution in [0.5, 0.6) is 5.75 Å². The van der Waals surface area contributed by atoms with Crippen LogP contribution in [0, 0.1) is 12.8 Å². The molecule has 0 aliphatic rings. The fourth-order valence-corrected chi connectivity index (χ4v) is 2.45. The fraction of sp³-hybridized carbons (Fsp3) is 0.333. The molecule has 1 aromatic heterocycles. The zero-order valence-electron chi connectivity index (χ0n) is 14.3. The highest BCUT2D eigenvalue weighted by Gasteiger charge is 2.21. The van der Waals surface area contributed by atoms with Crippen LogP contribution in [0.25, 0.3) is 0 Å². The topological polar surface area (TPSA) is 88.8 Å². The van der Waals surface area contributed by atoms with Crippen LogP contribution in [0.3, 0.4) is 0 Å². The van der Waals surface area contributed by atoms with Gasteiger partial charge in [-0.05, 0) is 31.0 Å². The van der Waals surface area contributed by atoms with Gasteiger partial charge in [0.2, 0.25) is 0 Å². The number of hydrogen-bond acceptors (Lipinski definition) is 4. The van der Waals surface area contributed by atoms with Crippen molar-refractivity contribution >= 4 is 29.2 Å². The summed E-state index contributed by atoms with van der Waals surface area (Å²) in [6, 6.07) is 4.94. The summed E-state index contributed by atoms with van der Waals surface area (Å²) in [4.78, 5) is 23.4. The van der Waals surface area contributed by atoms with Crippen molar-refractivity contribution in [2.75, 3.05) is 11.9 Å². The Morgan fingerprint density at radius 1 is 1.36 bits per heavy atom. The molecule has 0 radical (unpaired) electrons. The number of furan rings is 1. The number of carboxylic acid groups (broad SMARTS) is 1. The molecule has 0 aliphatic carbocycles. The number of rotatable bonds is 7. The number of ether oxygens (including phenoxy) is 1. The highest BCUT2D eigenvalue weighted by atomic mass is 35.5. The number of benzene rings is 1. The lowest BCUT2D eigenvalue weighted by Gasteiger charge is -2.12. The number of carbonyl (C=O) groups excluding carboxylic acids is 1. The van der Waals surface area contributed by atoms with Crippen LogP contribution in [-0.4, -0.2) is 23.6 Å². The summed E-state index contributed by atoms with van der Waals surface area (Å²) in [5.74, 6) is -0.496. The molecule has 0 spiro atoms. The predicted octanol–water partition coefficient (Wildman–Crippen LogP) is 4.16. The Kier molecular flexibility index (Phi) is 6.09. The molecule has 0 saturated carbocycles. The number of carboxylic acids is 1. The van der Waals surface area contributed by atoms with Gasteiger partial charge in [0.05, 0.1) is 23.5 Å². The van der Waals surface area contributed by atoms with Gasteiger partial charge in [-0.25, -0.2) is 0 Å². The molecule has 2 N–H and O–H groups in total. The first-order valence-corrected chi connectivity index (χ1v) is 8.18. The monoisotopic (exact) mass is 365 g/mol. The highest BCUT2D eigenvalue weighted by molar-refractivity contribution is 6.32. The van der Waals surface area contributed by atoms with E-state index in [-0.39, 0.29) is 17.7 Å². The zero-order valence-corrected chi connectivity index (χ0v) is 15.0. The Morgan fingerprint density at radius 2 is 2.08 bits per heavy atom. The Labute approximate surface area is 150 Å². The van der Waals surface area contributed by atoms with Crippen molar-refractivity contribution in [2.45, 2.75) is 27.2 Å². The SMILES string of the molecule is Cc1coc(CC(=O)O)c1C(=O)Nc1ccc(OCC(C)C)c(Cl)c1. The van der Waals surface area contributed by atoms with Crippen molar-refractivity contribution in [3.63, 3.8) is 0 Å². The van der Waals surface area contributed by atoms with Crippen LogP contribution >= 0.6 is 11.6 Å². The molecule has 0 fully saturated rings. The quantitative estimate of drug-likeness (QED) is 0.769. The number of anilines is 1. The average molecular weight is 366 g/mol. The maximum atomic E-state index is 12.5. The van der Waals surface area contributed by atoms with Crippen molar-refractivity contribution in [3.05, 3.63) is 46.4 Å². The molecule has 0 unspecified atom stereocenters. The molecule has 1 amide bonds. The summed E-state index contributed by atoms with van der Waals surface area (Å²) >= 11 is 6.18. The van der Waals surface area contributed by atoms with E-state index in [1.165, 1.54) is 6.26 Å². The van der Waals surface area contributed by atoms with E-state index >= 15 is 0 Å². The lowest BCUT2D eigenvalue weighted by Crippen LogP contribution is -2.15. The Balaban J connectivity index is 2.14. The largest absolute Gasteiger partial charge is 0.492 e. The molecule has 7 heteroatoms. The molecule has 0 saturated heterocycles. The van der Waals surface area contributed by atoms with E-state index < -0.39 is 11.9 Å². The standard InChI is InChI=1S/C18H20ClNO5/c1-10(2)8-24-14-5-4-12(6-13(14)19)20-18(23)17-11(3)9-25-15(17)7-16(21)22/h4-6,9-10H,7-8H2,1-3H3,(H,20,23)(H,21,22). The third-order valence-corrected chi connectivity index (χ3v) is 3.65. The van der Waals surface area contributed by atoms with Gasteiger partial charge in [0.1, 0.15) is 17.9 Å². The molecule has 1 aromatic carbocycles. The number of aryl methyl sites for hydroxylation is 1. The van der Waals surface area contributed by atoms with Gasteiger partial charge in [0.15, 0.2) is 0 Å². The van der Waals surface area contributed by atoms with Gasteiger partial charge in [-0.3, -0.25) is 9.59 Å². The summed E-state index contributed by atoms with van der Waals surface area (Å²) in [5.41, 5.74) is 1.27. The Bertz CT molecular complexity index is 782. The van der Waals surface area contributed by atoms with Gasteiger partial charge < -0.3 is 19.6 Å². The first kappa shape index (κ1) is 18.9. The summed E-state index contributed by atoms with van der Waals surface area (Å²) < 4.78 is 10.8. The minimum Gasteiger partial charge on any atom is -0.492 e. The number of nitrogens with one attached hydrogen (secondary N) is 1. The van der Waals surface area contributed by atoms with Crippen molar-refractivity contribution in [1.82, 2.24) is 0 Å². The molecule has 2 rings (SSSR count). The number of halogens is 1. The van der Waals surface area contributed by atoms with E-state index in [0.29, 0.717) is 34.5 Å². The fourth-order valence-electron chi connectivity index (χ4n) is 2.22. The summed E-state index contributed by atoms with van der Waals surface area (Å²) in [7, 11) is 0. The van der Waals surface area contributed by atoms with E-state index in [2.05, 4.69) is 5.32 Å². The Hall–Kier alpha value is -2.47. The van der Waals surface area contributed by atoms with Crippen molar-refractivity contribution in [1.29, 1.82) is 0 Å². The van der Waals surface area contributed by atoms with Crippen molar-refractivity contribution in [3.8, 4) is 5.75 Å². The van der Waals surface area contributed by atoms with Gasteiger partial charge >= 0.3 is 5.97 Å². The van der Waals surface area contributed by atoms with Gasteiger partial charge in [0, 0.05) is 11.3 Å². The van der Waals surface area contributed by atoms with E-state index in [1.54, 1.807) is 25.1 Å². The number of hydrogen-bond donors (Lipinski definition) is 2. The van der Waals surface area contributed by atoms with Crippen LogP contribution in [-0.2, 0) is 11.2 Å². The second-order valence-electron chi connectivity index (χ2n) is 6.09. The van der Waals surface area contributed by atoms with Crippen molar-refractivity contribution in [2.24, 2.45) is 5.92 Å². The van der Waals surface area contributed by atoms with Gasteiger partial charge in [0.25, 0.3) is 5.91 Å². The van der Waals surface area contributed by atoms with Crippen molar-refractivity contribution < 1.29 is 23.8 Å². The lowest BCUT2D eigenvalue weighted by molar-refractivity contribution is -0.136. The molecule has 2 aromatic rings. The van der Waals surface area contributed by atoms with Crippen LogP contribution in [0.15, 0.2) is 28.9 Å². The normalized spacial score (nSPS) is 10.8. The van der Waals surface area contributed by atoms with Gasteiger partial charge in [-0.2, -0.15) is 0 Å². The summed E-state index contributed by atoms with van der Waals surface area (Å²) in [6.45, 7) is 6.28. The van der Waals surface area contributed by atoms with Crippen LogP contribution < -0.4 is 10.1 Å². The number of amides is 1. The summed E-state index contributed by atoms with van der Waals surface area (Å²) in [6.07, 6.45) is 1.00. The third-order valence-electron chi connectivity index (χ3n) is 3.35. The third kappa shape index (κ3) is 5.00. The predicted molar refractivity (Wildman–Crippen MR) is 94.5 cm³/mol. The molecule has 0 atom stereocenters. The zero-order chi connectivity index (χ0) is 18.6. The van der Waals surface area contributed by atoms with E-state index in [9.17, 15) is 9.59 Å². The first-order chi connectivity index (χ1) is 11.8. The lowest BCUT2D eigenvalue weighted by atomic mass is 10.1. The highest BCUT2D eigenvalue weighted by Crippen LogP contribution is 2.29. The van der Waals surface area contributed by atoms with Crippen LogP contribution in [0.1, 0.15) is 35.5 Å². The number of carbonyl (C=O) groups is 2. The van der Waals surface area contributed by atoms with Crippen LogP contribution in [0.2, 0.25) is 5.02 Å². The van der Waals surface area contributed by atoms with Gasteiger partial charge in [-0.1, -0.05) is 25.4 Å². The molecular weight excluding hydrogens is 346 g/mol. The average Bonchev–Trinajstić information content (AvgIpc) is 2.86. The van der Waals surface area contributed by atoms with E-state index in [1.807, 2.05) is 13.8 Å².